The highest BCUT2D eigenvalue weighted by atomic mass is 32.2. The molecule has 1 heterocycles. The number of rotatable bonds is 4. The number of anilines is 1. The van der Waals surface area contributed by atoms with E-state index in [1.165, 1.54) is 6.07 Å². The van der Waals surface area contributed by atoms with Crippen LogP contribution < -0.4 is 11.1 Å². The van der Waals surface area contributed by atoms with Gasteiger partial charge in [-0.2, -0.15) is 4.31 Å². The van der Waals surface area contributed by atoms with Gasteiger partial charge in [0.25, 0.3) is 0 Å². The highest BCUT2D eigenvalue weighted by Gasteiger charge is 2.28. The summed E-state index contributed by atoms with van der Waals surface area (Å²) in [6.45, 7) is 6.07. The van der Waals surface area contributed by atoms with Crippen LogP contribution in [0.1, 0.15) is 45.1 Å². The number of benzene rings is 1. The first-order valence-corrected chi connectivity index (χ1v) is 9.77. The average Bonchev–Trinajstić information content (AvgIpc) is 2.77. The standard InChI is InChI=1S/C17H27N3O3S/c1-13-8-9-14(19-16(21)17(2,3)18)12-15(13)24(22,23)20-10-6-4-5-7-11-20/h8-9,12H,4-7,10-11,18H2,1-3H3,(H,19,21). The second kappa shape index (κ2) is 7.21. The number of hydrogen-bond acceptors (Lipinski definition) is 4. The molecule has 0 radical (unpaired) electrons. The number of nitrogens with zero attached hydrogens (tertiary/aromatic N) is 1. The van der Waals surface area contributed by atoms with Crippen molar-refractivity contribution in [1.29, 1.82) is 0 Å². The van der Waals surface area contributed by atoms with Gasteiger partial charge in [-0.05, 0) is 51.3 Å². The zero-order chi connectivity index (χ0) is 18.0. The zero-order valence-corrected chi connectivity index (χ0v) is 15.4. The van der Waals surface area contributed by atoms with Crippen LogP contribution in [0.25, 0.3) is 0 Å². The molecule has 0 spiro atoms. The summed E-state index contributed by atoms with van der Waals surface area (Å²) in [4.78, 5) is 12.3. The highest BCUT2D eigenvalue weighted by Crippen LogP contribution is 2.26. The summed E-state index contributed by atoms with van der Waals surface area (Å²) in [7, 11) is -3.56. The minimum absolute atomic E-state index is 0.247. The van der Waals surface area contributed by atoms with E-state index in [1.54, 1.807) is 37.2 Å². The third-order valence-corrected chi connectivity index (χ3v) is 6.25. The van der Waals surface area contributed by atoms with Gasteiger partial charge in [-0.1, -0.05) is 18.9 Å². The molecule has 1 aromatic rings. The SMILES string of the molecule is Cc1ccc(NC(=O)C(C)(C)N)cc1S(=O)(=O)N1CCCCCC1. The summed E-state index contributed by atoms with van der Waals surface area (Å²) in [5, 5.41) is 2.69. The minimum atomic E-state index is -3.56. The predicted octanol–water partition coefficient (Wildman–Crippen LogP) is 2.24. The van der Waals surface area contributed by atoms with Crippen molar-refractivity contribution in [3.8, 4) is 0 Å². The van der Waals surface area contributed by atoms with Crippen LogP contribution >= 0.6 is 0 Å². The molecule has 7 heteroatoms. The van der Waals surface area contributed by atoms with Crippen molar-refractivity contribution in [3.63, 3.8) is 0 Å². The third-order valence-electron chi connectivity index (χ3n) is 4.21. The van der Waals surface area contributed by atoms with Crippen LogP contribution in [0, 0.1) is 6.92 Å². The summed E-state index contributed by atoms with van der Waals surface area (Å²) in [6, 6.07) is 4.93. The lowest BCUT2D eigenvalue weighted by Gasteiger charge is -2.22. The van der Waals surface area contributed by atoms with Gasteiger partial charge >= 0.3 is 0 Å². The Labute approximate surface area is 144 Å². The van der Waals surface area contributed by atoms with E-state index in [1.807, 2.05) is 0 Å². The number of nitrogens with one attached hydrogen (secondary N) is 1. The summed E-state index contributed by atoms with van der Waals surface area (Å²) in [5.41, 5.74) is 5.86. The van der Waals surface area contributed by atoms with Gasteiger partial charge < -0.3 is 11.1 Å². The van der Waals surface area contributed by atoms with E-state index in [0.29, 0.717) is 24.3 Å². The van der Waals surface area contributed by atoms with Gasteiger partial charge in [0.05, 0.1) is 10.4 Å². The second-order valence-corrected chi connectivity index (χ2v) is 8.88. The topological polar surface area (TPSA) is 92.5 Å². The smallest absolute Gasteiger partial charge is 0.243 e. The normalized spacial score (nSPS) is 17.3. The van der Waals surface area contributed by atoms with Crippen LogP contribution in [0.5, 0.6) is 0 Å². The Hall–Kier alpha value is -1.44. The van der Waals surface area contributed by atoms with Crippen molar-refractivity contribution < 1.29 is 13.2 Å². The average molecular weight is 353 g/mol. The fourth-order valence-electron chi connectivity index (χ4n) is 2.67. The van der Waals surface area contributed by atoms with Crippen LogP contribution in [-0.4, -0.2) is 37.3 Å². The lowest BCUT2D eigenvalue weighted by molar-refractivity contribution is -0.120. The maximum atomic E-state index is 13.0. The Kier molecular flexibility index (Phi) is 5.67. The van der Waals surface area contributed by atoms with E-state index in [0.717, 1.165) is 25.7 Å². The number of carbonyl (C=O) groups excluding carboxylic acids is 1. The van der Waals surface area contributed by atoms with Crippen molar-refractivity contribution in [3.05, 3.63) is 23.8 Å². The molecule has 24 heavy (non-hydrogen) atoms. The fraction of sp³-hybridized carbons (Fsp3) is 0.588. The van der Waals surface area contributed by atoms with Gasteiger partial charge in [-0.3, -0.25) is 4.79 Å². The lowest BCUT2D eigenvalue weighted by Crippen LogP contribution is -2.45. The molecule has 0 aromatic heterocycles. The first-order valence-electron chi connectivity index (χ1n) is 8.33. The first-order chi connectivity index (χ1) is 11.1. The molecule has 1 aliphatic heterocycles. The molecule has 6 nitrogen and oxygen atoms in total. The van der Waals surface area contributed by atoms with Crippen LogP contribution in [-0.2, 0) is 14.8 Å². The van der Waals surface area contributed by atoms with Gasteiger partial charge in [-0.25, -0.2) is 8.42 Å². The van der Waals surface area contributed by atoms with Crippen molar-refractivity contribution in [2.24, 2.45) is 5.73 Å². The number of sulfonamides is 1. The first kappa shape index (κ1) is 18.9. The fourth-order valence-corrected chi connectivity index (χ4v) is 4.44. The summed E-state index contributed by atoms with van der Waals surface area (Å²) >= 11 is 0. The number of hydrogen-bond donors (Lipinski definition) is 2. The van der Waals surface area contributed by atoms with Crippen molar-refractivity contribution >= 4 is 21.6 Å². The number of amides is 1. The second-order valence-electron chi connectivity index (χ2n) is 6.97. The molecule has 1 saturated heterocycles. The molecule has 1 aromatic carbocycles. The molecule has 134 valence electrons. The van der Waals surface area contributed by atoms with E-state index in [9.17, 15) is 13.2 Å². The molecule has 0 bridgehead atoms. The molecule has 2 rings (SSSR count). The number of aryl methyl sites for hydroxylation is 1. The Bertz CT molecular complexity index is 700. The van der Waals surface area contributed by atoms with Crippen molar-refractivity contribution in [1.82, 2.24) is 4.31 Å². The molecule has 0 saturated carbocycles. The molecule has 1 aliphatic rings. The molecule has 0 unspecified atom stereocenters. The quantitative estimate of drug-likeness (QED) is 0.868. The Balaban J connectivity index is 2.32. The largest absolute Gasteiger partial charge is 0.324 e. The van der Waals surface area contributed by atoms with Gasteiger partial charge in [0.15, 0.2) is 0 Å². The summed E-state index contributed by atoms with van der Waals surface area (Å²) in [6.07, 6.45) is 3.89. The van der Waals surface area contributed by atoms with Crippen LogP contribution in [0.4, 0.5) is 5.69 Å². The summed E-state index contributed by atoms with van der Waals surface area (Å²) in [5.74, 6) is -0.357. The zero-order valence-electron chi connectivity index (χ0n) is 14.6. The van der Waals surface area contributed by atoms with Crippen molar-refractivity contribution in [2.45, 2.75) is 56.9 Å². The van der Waals surface area contributed by atoms with E-state index in [4.69, 9.17) is 5.73 Å². The van der Waals surface area contributed by atoms with Crippen LogP contribution in [0.3, 0.4) is 0 Å². The number of nitrogens with two attached hydrogens (primary N) is 1. The molecule has 1 amide bonds. The van der Waals surface area contributed by atoms with Crippen LogP contribution in [0.2, 0.25) is 0 Å². The predicted molar refractivity (Wildman–Crippen MR) is 95.3 cm³/mol. The maximum Gasteiger partial charge on any atom is 0.243 e. The van der Waals surface area contributed by atoms with E-state index in [-0.39, 0.29) is 10.8 Å². The Morgan fingerprint density at radius 2 is 1.75 bits per heavy atom. The highest BCUT2D eigenvalue weighted by molar-refractivity contribution is 7.89. The molecule has 0 aliphatic carbocycles. The van der Waals surface area contributed by atoms with Crippen molar-refractivity contribution in [2.75, 3.05) is 18.4 Å². The lowest BCUT2D eigenvalue weighted by atomic mass is 10.1. The number of carbonyl (C=O) groups is 1. The van der Waals surface area contributed by atoms with Gasteiger partial charge in [0.1, 0.15) is 0 Å². The van der Waals surface area contributed by atoms with E-state index >= 15 is 0 Å². The molecular weight excluding hydrogens is 326 g/mol. The molecule has 1 fully saturated rings. The third kappa shape index (κ3) is 4.34. The van der Waals surface area contributed by atoms with Crippen LogP contribution in [0.15, 0.2) is 23.1 Å². The Morgan fingerprint density at radius 3 is 2.29 bits per heavy atom. The molecule has 0 atom stereocenters. The molecular formula is C17H27N3O3S. The van der Waals surface area contributed by atoms with Gasteiger partial charge in [0.2, 0.25) is 15.9 Å². The van der Waals surface area contributed by atoms with Gasteiger partial charge in [0, 0.05) is 18.8 Å². The van der Waals surface area contributed by atoms with E-state index < -0.39 is 15.6 Å². The van der Waals surface area contributed by atoms with E-state index in [2.05, 4.69) is 5.32 Å². The Morgan fingerprint density at radius 1 is 1.17 bits per heavy atom. The summed E-state index contributed by atoms with van der Waals surface area (Å²) < 4.78 is 27.5. The minimum Gasteiger partial charge on any atom is -0.324 e. The monoisotopic (exact) mass is 353 g/mol. The van der Waals surface area contributed by atoms with Gasteiger partial charge in [-0.15, -0.1) is 0 Å². The maximum absolute atomic E-state index is 13.0. The molecule has 3 N–H and O–H groups in total.